The van der Waals surface area contributed by atoms with Gasteiger partial charge in [0.1, 0.15) is 0 Å². The van der Waals surface area contributed by atoms with Crippen molar-refractivity contribution < 1.29 is 4.79 Å². The van der Waals surface area contributed by atoms with Gasteiger partial charge in [0.2, 0.25) is 5.91 Å². The molecule has 0 saturated carbocycles. The highest BCUT2D eigenvalue weighted by Crippen LogP contribution is 2.22. The van der Waals surface area contributed by atoms with Crippen molar-refractivity contribution in [1.29, 1.82) is 0 Å². The molecule has 0 fully saturated rings. The molecule has 1 heterocycles. The molecule has 1 unspecified atom stereocenters. The van der Waals surface area contributed by atoms with Crippen LogP contribution in [0.25, 0.3) is 0 Å². The molecule has 0 bridgehead atoms. The fourth-order valence-corrected chi connectivity index (χ4v) is 2.62. The van der Waals surface area contributed by atoms with Gasteiger partial charge in [-0.25, -0.2) is 4.98 Å². The third-order valence-corrected chi connectivity index (χ3v) is 4.04. The second-order valence-electron chi connectivity index (χ2n) is 4.35. The minimum atomic E-state index is -0.0806. The number of amides is 1. The molecule has 5 heteroatoms. The van der Waals surface area contributed by atoms with Gasteiger partial charge in [-0.15, -0.1) is 0 Å². The van der Waals surface area contributed by atoms with Crippen LogP contribution in [-0.4, -0.2) is 38.7 Å². The Morgan fingerprint density at radius 1 is 1.56 bits per heavy atom. The normalized spacial score (nSPS) is 12.4. The summed E-state index contributed by atoms with van der Waals surface area (Å²) in [6.45, 7) is 7.77. The number of unbranched alkanes of at least 4 members (excludes halogenated alkanes) is 1. The summed E-state index contributed by atoms with van der Waals surface area (Å²) in [5.41, 5.74) is 0. The predicted octanol–water partition coefficient (Wildman–Crippen LogP) is 2.55. The van der Waals surface area contributed by atoms with Crippen molar-refractivity contribution in [3.8, 4) is 0 Å². The molecule has 1 rings (SSSR count). The van der Waals surface area contributed by atoms with Crippen molar-refractivity contribution in [3.05, 3.63) is 12.4 Å². The van der Waals surface area contributed by atoms with E-state index in [4.69, 9.17) is 0 Å². The molecule has 18 heavy (non-hydrogen) atoms. The molecule has 0 radical (unpaired) electrons. The zero-order valence-corrected chi connectivity index (χ0v) is 12.5. The quantitative estimate of drug-likeness (QED) is 0.714. The third kappa shape index (κ3) is 4.05. The fraction of sp³-hybridized carbons (Fsp3) is 0.692. The number of nitrogens with zero attached hydrogens (tertiary/aromatic N) is 3. The molecule has 0 aliphatic heterocycles. The summed E-state index contributed by atoms with van der Waals surface area (Å²) in [7, 11) is 1.95. The molecule has 0 spiro atoms. The first-order valence-electron chi connectivity index (χ1n) is 6.52. The number of hydrogen-bond acceptors (Lipinski definition) is 3. The van der Waals surface area contributed by atoms with E-state index < -0.39 is 0 Å². The minimum absolute atomic E-state index is 0.0806. The van der Waals surface area contributed by atoms with E-state index in [1.807, 2.05) is 36.6 Å². The average Bonchev–Trinajstić information content (AvgIpc) is 2.75. The van der Waals surface area contributed by atoms with E-state index >= 15 is 0 Å². The summed E-state index contributed by atoms with van der Waals surface area (Å²) in [5.74, 6) is 0.207. The maximum atomic E-state index is 12.3. The van der Waals surface area contributed by atoms with Gasteiger partial charge < -0.3 is 9.47 Å². The summed E-state index contributed by atoms with van der Waals surface area (Å²) in [4.78, 5) is 18.5. The Kier molecular flexibility index (Phi) is 6.25. The second-order valence-corrected chi connectivity index (χ2v) is 5.66. The van der Waals surface area contributed by atoms with Crippen molar-refractivity contribution in [2.24, 2.45) is 7.05 Å². The standard InChI is InChI=1S/C13H23N3OS/c1-5-7-9-16(6-2)12(17)11(3)18-13-14-8-10-15(13)4/h8,10-11H,5-7,9H2,1-4H3. The van der Waals surface area contributed by atoms with Gasteiger partial charge in [-0.3, -0.25) is 4.79 Å². The van der Waals surface area contributed by atoms with Gasteiger partial charge in [-0.2, -0.15) is 0 Å². The highest BCUT2D eigenvalue weighted by molar-refractivity contribution is 8.00. The Morgan fingerprint density at radius 2 is 2.28 bits per heavy atom. The number of imidazole rings is 1. The lowest BCUT2D eigenvalue weighted by Crippen LogP contribution is -2.37. The Labute approximate surface area is 114 Å². The summed E-state index contributed by atoms with van der Waals surface area (Å²) in [6, 6.07) is 0. The Morgan fingerprint density at radius 3 is 2.78 bits per heavy atom. The predicted molar refractivity (Wildman–Crippen MR) is 75.7 cm³/mol. The number of aryl methyl sites for hydroxylation is 1. The van der Waals surface area contributed by atoms with Crippen molar-refractivity contribution in [1.82, 2.24) is 14.5 Å². The first-order chi connectivity index (χ1) is 8.60. The molecule has 4 nitrogen and oxygen atoms in total. The smallest absolute Gasteiger partial charge is 0.235 e. The summed E-state index contributed by atoms with van der Waals surface area (Å²) in [6.07, 6.45) is 5.84. The van der Waals surface area contributed by atoms with Crippen molar-refractivity contribution in [3.63, 3.8) is 0 Å². The SMILES string of the molecule is CCCCN(CC)C(=O)C(C)Sc1nccn1C. The first-order valence-corrected chi connectivity index (χ1v) is 7.40. The highest BCUT2D eigenvalue weighted by Gasteiger charge is 2.21. The molecule has 1 amide bonds. The molecular weight excluding hydrogens is 246 g/mol. The molecule has 0 N–H and O–H groups in total. The van der Waals surface area contributed by atoms with Crippen LogP contribution in [0.2, 0.25) is 0 Å². The van der Waals surface area contributed by atoms with Gasteiger partial charge in [0.15, 0.2) is 5.16 Å². The van der Waals surface area contributed by atoms with Crippen LogP contribution in [0.5, 0.6) is 0 Å². The van der Waals surface area contributed by atoms with Gasteiger partial charge in [-0.05, 0) is 20.3 Å². The van der Waals surface area contributed by atoms with Crippen LogP contribution in [0.3, 0.4) is 0 Å². The molecule has 1 aromatic rings. The Balaban J connectivity index is 2.56. The largest absolute Gasteiger partial charge is 0.342 e. The molecule has 1 atom stereocenters. The number of carbonyl (C=O) groups excluding carboxylic acids is 1. The van der Waals surface area contributed by atoms with Gasteiger partial charge in [0.05, 0.1) is 5.25 Å². The second kappa shape index (κ2) is 7.46. The zero-order chi connectivity index (χ0) is 13.5. The van der Waals surface area contributed by atoms with Crippen LogP contribution in [-0.2, 0) is 11.8 Å². The van der Waals surface area contributed by atoms with Gasteiger partial charge >= 0.3 is 0 Å². The van der Waals surface area contributed by atoms with E-state index in [0.29, 0.717) is 0 Å². The molecule has 0 saturated heterocycles. The third-order valence-electron chi connectivity index (χ3n) is 2.88. The fourth-order valence-electron chi connectivity index (χ4n) is 1.70. The highest BCUT2D eigenvalue weighted by atomic mass is 32.2. The van der Waals surface area contributed by atoms with E-state index in [1.54, 1.807) is 6.20 Å². The van der Waals surface area contributed by atoms with Crippen LogP contribution in [0.1, 0.15) is 33.6 Å². The van der Waals surface area contributed by atoms with Crippen molar-refractivity contribution in [2.45, 2.75) is 44.0 Å². The molecule has 0 aliphatic carbocycles. The lowest BCUT2D eigenvalue weighted by molar-refractivity contribution is -0.130. The lowest BCUT2D eigenvalue weighted by atomic mass is 10.3. The summed E-state index contributed by atoms with van der Waals surface area (Å²) < 4.78 is 1.94. The van der Waals surface area contributed by atoms with Crippen LogP contribution >= 0.6 is 11.8 Å². The topological polar surface area (TPSA) is 38.1 Å². The maximum absolute atomic E-state index is 12.3. The van der Waals surface area contributed by atoms with Gasteiger partial charge in [0.25, 0.3) is 0 Å². The van der Waals surface area contributed by atoms with Crippen LogP contribution in [0.15, 0.2) is 17.6 Å². The number of thioether (sulfide) groups is 1. The Bertz CT molecular complexity index is 378. The van der Waals surface area contributed by atoms with Crippen molar-refractivity contribution >= 4 is 17.7 Å². The number of hydrogen-bond donors (Lipinski definition) is 0. The Hall–Kier alpha value is -0.970. The monoisotopic (exact) mass is 269 g/mol. The van der Waals surface area contributed by atoms with E-state index in [2.05, 4.69) is 11.9 Å². The molecule has 0 aliphatic rings. The average molecular weight is 269 g/mol. The van der Waals surface area contributed by atoms with E-state index in [9.17, 15) is 4.79 Å². The van der Waals surface area contributed by atoms with E-state index in [0.717, 1.165) is 31.1 Å². The number of carbonyl (C=O) groups is 1. The molecule has 102 valence electrons. The molecule has 0 aromatic carbocycles. The maximum Gasteiger partial charge on any atom is 0.235 e. The van der Waals surface area contributed by atoms with E-state index in [1.165, 1.54) is 11.8 Å². The lowest BCUT2D eigenvalue weighted by Gasteiger charge is -2.23. The first kappa shape index (κ1) is 15.1. The van der Waals surface area contributed by atoms with Gasteiger partial charge in [-0.1, -0.05) is 25.1 Å². The summed E-state index contributed by atoms with van der Waals surface area (Å²) in [5, 5.41) is 0.810. The minimum Gasteiger partial charge on any atom is -0.342 e. The number of aromatic nitrogens is 2. The molecule has 1 aromatic heterocycles. The summed E-state index contributed by atoms with van der Waals surface area (Å²) >= 11 is 1.52. The van der Waals surface area contributed by atoms with Crippen molar-refractivity contribution in [2.75, 3.05) is 13.1 Å². The molecular formula is C13H23N3OS. The van der Waals surface area contributed by atoms with Crippen LogP contribution in [0, 0.1) is 0 Å². The number of rotatable bonds is 7. The van der Waals surface area contributed by atoms with E-state index in [-0.39, 0.29) is 11.2 Å². The van der Waals surface area contributed by atoms with Crippen LogP contribution < -0.4 is 0 Å². The zero-order valence-electron chi connectivity index (χ0n) is 11.7. The van der Waals surface area contributed by atoms with Crippen LogP contribution in [0.4, 0.5) is 0 Å². The van der Waals surface area contributed by atoms with Gasteiger partial charge in [0, 0.05) is 32.5 Å².